The van der Waals surface area contributed by atoms with Crippen LogP contribution in [0.5, 0.6) is 6.01 Å². The number of rotatable bonds is 9. The summed E-state index contributed by atoms with van der Waals surface area (Å²) in [6.45, 7) is 2.75. The van der Waals surface area contributed by atoms with Crippen LogP contribution >= 0.6 is 0 Å². The molecule has 1 aromatic carbocycles. The van der Waals surface area contributed by atoms with Crippen molar-refractivity contribution in [1.29, 1.82) is 0 Å². The molecule has 1 amide bonds. The summed E-state index contributed by atoms with van der Waals surface area (Å²) in [4.78, 5) is 36.1. The number of aromatic nitrogens is 2. The van der Waals surface area contributed by atoms with Crippen molar-refractivity contribution < 1.29 is 23.1 Å². The van der Waals surface area contributed by atoms with E-state index >= 15 is 0 Å². The number of benzene rings is 1. The molecule has 0 bridgehead atoms. The Balaban J connectivity index is 1.03. The van der Waals surface area contributed by atoms with Crippen LogP contribution in [0.1, 0.15) is 62.5 Å². The molecule has 0 spiro atoms. The molecule has 2 aromatic rings. The summed E-state index contributed by atoms with van der Waals surface area (Å²) in [6, 6.07) is 6.63. The molecule has 3 aliphatic rings. The maximum absolute atomic E-state index is 13.5. The standard InChI is InChI=1S/C28H34F2N4O3/c1-28(29,30)19-4-3-5-20(12-19)33-25(36)11-10-24(35)26-22-15-34(16-23(22)26)21-8-6-17(7-9-21)18-13-31-27(37-2)32-14-18/h3-5,12-14,17,21-23,26H,6-11,15-16H2,1-2H3,(H,33,36)/t17?,21?,22-,23+,26?. The number of methoxy groups -OCH3 is 1. The quantitative estimate of drug-likeness (QED) is 0.520. The number of amides is 1. The van der Waals surface area contributed by atoms with Crippen molar-refractivity contribution in [3.63, 3.8) is 0 Å². The van der Waals surface area contributed by atoms with Gasteiger partial charge in [-0.1, -0.05) is 12.1 Å². The molecule has 7 nitrogen and oxygen atoms in total. The summed E-state index contributed by atoms with van der Waals surface area (Å²) in [5.74, 6) is -1.77. The van der Waals surface area contributed by atoms with Crippen LogP contribution in [0, 0.1) is 17.8 Å². The minimum atomic E-state index is -2.97. The molecule has 9 heteroatoms. The predicted octanol–water partition coefficient (Wildman–Crippen LogP) is 4.79. The molecule has 1 N–H and O–H groups in total. The molecule has 198 valence electrons. The third-order valence-electron chi connectivity index (χ3n) is 8.36. The van der Waals surface area contributed by atoms with Crippen LogP contribution < -0.4 is 10.1 Å². The minimum absolute atomic E-state index is 0.0685. The van der Waals surface area contributed by atoms with Gasteiger partial charge in [0, 0.05) is 68.5 Å². The van der Waals surface area contributed by atoms with Crippen LogP contribution in [0.15, 0.2) is 36.7 Å². The van der Waals surface area contributed by atoms with Gasteiger partial charge in [-0.3, -0.25) is 14.5 Å². The van der Waals surface area contributed by atoms with Crippen LogP contribution in [0.4, 0.5) is 14.5 Å². The lowest BCUT2D eigenvalue weighted by Crippen LogP contribution is -2.38. The largest absolute Gasteiger partial charge is 0.467 e. The zero-order valence-corrected chi connectivity index (χ0v) is 21.3. The third kappa shape index (κ3) is 5.81. The molecular formula is C28H34F2N4O3. The Morgan fingerprint density at radius 2 is 1.76 bits per heavy atom. The van der Waals surface area contributed by atoms with Gasteiger partial charge in [-0.2, -0.15) is 0 Å². The zero-order valence-electron chi connectivity index (χ0n) is 21.3. The number of piperidine rings is 1. The number of nitrogens with one attached hydrogen (secondary N) is 1. The van der Waals surface area contributed by atoms with E-state index in [1.807, 2.05) is 12.4 Å². The van der Waals surface area contributed by atoms with Crippen molar-refractivity contribution >= 4 is 17.4 Å². The van der Waals surface area contributed by atoms with Gasteiger partial charge in [-0.25, -0.2) is 18.7 Å². The number of anilines is 1. The number of ether oxygens (including phenoxy) is 1. The van der Waals surface area contributed by atoms with Gasteiger partial charge in [-0.15, -0.1) is 0 Å². The molecule has 5 rings (SSSR count). The molecular weight excluding hydrogens is 478 g/mol. The highest BCUT2D eigenvalue weighted by Crippen LogP contribution is 2.54. The Labute approximate surface area is 216 Å². The summed E-state index contributed by atoms with van der Waals surface area (Å²) in [5, 5.41) is 2.64. The van der Waals surface area contributed by atoms with E-state index in [1.54, 1.807) is 13.2 Å². The third-order valence-corrected chi connectivity index (χ3v) is 8.36. The number of nitrogens with zero attached hydrogens (tertiary/aromatic N) is 3. The van der Waals surface area contributed by atoms with Crippen molar-refractivity contribution in [2.24, 2.45) is 17.8 Å². The number of hydrogen-bond acceptors (Lipinski definition) is 6. The van der Waals surface area contributed by atoms with Crippen LogP contribution in [0.25, 0.3) is 0 Å². The van der Waals surface area contributed by atoms with Gasteiger partial charge >= 0.3 is 6.01 Å². The van der Waals surface area contributed by atoms with E-state index in [0.717, 1.165) is 45.7 Å². The molecule has 0 radical (unpaired) electrons. The van der Waals surface area contributed by atoms with E-state index < -0.39 is 5.92 Å². The van der Waals surface area contributed by atoms with Crippen molar-refractivity contribution in [2.45, 2.75) is 63.3 Å². The van der Waals surface area contributed by atoms with Crippen molar-refractivity contribution in [3.8, 4) is 6.01 Å². The Kier molecular flexibility index (Phi) is 7.25. The molecule has 1 unspecified atom stereocenters. The SMILES string of the molecule is COc1ncc(C2CCC(N3C[C@@H]4C(C(=O)CCC(=O)Nc5cccc(C(C)(F)F)c5)[C@@H]4C3)CC2)cn1. The molecule has 37 heavy (non-hydrogen) atoms. The van der Waals surface area contributed by atoms with E-state index in [9.17, 15) is 18.4 Å². The zero-order chi connectivity index (χ0) is 26.2. The summed E-state index contributed by atoms with van der Waals surface area (Å²) >= 11 is 0. The fraction of sp³-hybridized carbons (Fsp3) is 0.571. The van der Waals surface area contributed by atoms with Crippen LogP contribution in [-0.2, 0) is 15.5 Å². The Hall–Kier alpha value is -2.94. The van der Waals surface area contributed by atoms with Crippen LogP contribution in [-0.4, -0.2) is 52.8 Å². The second-order valence-corrected chi connectivity index (χ2v) is 10.8. The van der Waals surface area contributed by atoms with E-state index in [2.05, 4.69) is 20.2 Å². The molecule has 2 heterocycles. The van der Waals surface area contributed by atoms with E-state index in [-0.39, 0.29) is 36.0 Å². The van der Waals surface area contributed by atoms with Crippen molar-refractivity contribution in [1.82, 2.24) is 14.9 Å². The average molecular weight is 513 g/mol. The fourth-order valence-corrected chi connectivity index (χ4v) is 6.25. The summed E-state index contributed by atoms with van der Waals surface area (Å²) in [7, 11) is 1.57. The lowest BCUT2D eigenvalue weighted by atomic mass is 9.82. The molecule has 1 aliphatic heterocycles. The average Bonchev–Trinajstić information content (AvgIpc) is 3.40. The Bertz CT molecular complexity index is 1120. The monoisotopic (exact) mass is 512 g/mol. The summed E-state index contributed by atoms with van der Waals surface area (Å²) in [6.07, 6.45) is 8.52. The number of halogens is 2. The van der Waals surface area contributed by atoms with Gasteiger partial charge in [0.1, 0.15) is 5.78 Å². The molecule has 2 aliphatic carbocycles. The van der Waals surface area contributed by atoms with E-state index in [4.69, 9.17) is 4.74 Å². The highest BCUT2D eigenvalue weighted by molar-refractivity contribution is 5.94. The first-order valence-corrected chi connectivity index (χ1v) is 13.1. The van der Waals surface area contributed by atoms with Gasteiger partial charge in [0.2, 0.25) is 5.91 Å². The van der Waals surface area contributed by atoms with Gasteiger partial charge < -0.3 is 10.1 Å². The molecule has 1 saturated heterocycles. The highest BCUT2D eigenvalue weighted by Gasteiger charge is 2.59. The Morgan fingerprint density at radius 1 is 1.08 bits per heavy atom. The van der Waals surface area contributed by atoms with E-state index in [1.165, 1.54) is 23.8 Å². The first-order chi connectivity index (χ1) is 17.7. The molecule has 3 atom stereocenters. The maximum Gasteiger partial charge on any atom is 0.316 e. The van der Waals surface area contributed by atoms with Crippen molar-refractivity contribution in [3.05, 3.63) is 47.8 Å². The number of hydrogen-bond donors (Lipinski definition) is 1. The molecule has 3 fully saturated rings. The molecule has 1 aromatic heterocycles. The number of alkyl halides is 2. The first-order valence-electron chi connectivity index (χ1n) is 13.1. The minimum Gasteiger partial charge on any atom is -0.467 e. The smallest absolute Gasteiger partial charge is 0.316 e. The lowest BCUT2D eigenvalue weighted by Gasteiger charge is -2.35. The highest BCUT2D eigenvalue weighted by atomic mass is 19.3. The van der Waals surface area contributed by atoms with Gasteiger partial charge in [0.05, 0.1) is 7.11 Å². The first kappa shape index (κ1) is 25.7. The van der Waals surface area contributed by atoms with Gasteiger partial charge in [-0.05, 0) is 61.1 Å². The topological polar surface area (TPSA) is 84.4 Å². The Morgan fingerprint density at radius 3 is 2.38 bits per heavy atom. The van der Waals surface area contributed by atoms with Crippen LogP contribution in [0.3, 0.4) is 0 Å². The summed E-state index contributed by atoms with van der Waals surface area (Å²) in [5.41, 5.74) is 1.35. The lowest BCUT2D eigenvalue weighted by molar-refractivity contribution is -0.124. The normalized spacial score (nSPS) is 27.4. The van der Waals surface area contributed by atoms with Crippen molar-refractivity contribution in [2.75, 3.05) is 25.5 Å². The number of carbonyl (C=O) groups is 2. The second kappa shape index (κ2) is 10.4. The van der Waals surface area contributed by atoms with Crippen LogP contribution in [0.2, 0.25) is 0 Å². The number of ketones is 1. The second-order valence-electron chi connectivity index (χ2n) is 10.8. The summed E-state index contributed by atoms with van der Waals surface area (Å²) < 4.78 is 32.1. The van der Waals surface area contributed by atoms with Gasteiger partial charge in [0.15, 0.2) is 0 Å². The number of fused-ring (bicyclic) bond motifs is 1. The fourth-order valence-electron chi connectivity index (χ4n) is 6.25. The molecule has 2 saturated carbocycles. The number of likely N-dealkylation sites (tertiary alicyclic amines) is 1. The maximum atomic E-state index is 13.5. The number of Topliss-reactive ketones (excluding diaryl/α,β-unsaturated/α-hetero) is 1. The number of carbonyl (C=O) groups excluding carboxylic acids is 2. The van der Waals surface area contributed by atoms with E-state index in [0.29, 0.717) is 35.5 Å². The predicted molar refractivity (Wildman–Crippen MR) is 135 cm³/mol. The van der Waals surface area contributed by atoms with Gasteiger partial charge in [0.25, 0.3) is 5.92 Å².